The van der Waals surface area contributed by atoms with E-state index in [1.54, 1.807) is 62.4 Å². The highest BCUT2D eigenvalue weighted by atomic mass is 16.6. The first-order valence-electron chi connectivity index (χ1n) is 14.5. The molecule has 2 aromatic rings. The second-order valence-electron chi connectivity index (χ2n) is 9.89. The number of hydrogen-bond donors (Lipinski definition) is 0. The van der Waals surface area contributed by atoms with Crippen molar-refractivity contribution in [2.75, 3.05) is 26.4 Å². The van der Waals surface area contributed by atoms with Gasteiger partial charge in [-0.15, -0.1) is 0 Å². The molecule has 0 bridgehead atoms. The monoisotopic (exact) mass is 614 g/mol. The average molecular weight is 615 g/mol. The summed E-state index contributed by atoms with van der Waals surface area (Å²) in [6.07, 6.45) is 2.72. The van der Waals surface area contributed by atoms with Crippen LogP contribution in [0.15, 0.2) is 48.5 Å². The minimum Gasteiger partial charge on any atom is -0.458 e. The molecule has 0 N–H and O–H groups in total. The van der Waals surface area contributed by atoms with Gasteiger partial charge >= 0.3 is 35.8 Å². The van der Waals surface area contributed by atoms with Crippen molar-refractivity contribution < 1.29 is 58.6 Å². The van der Waals surface area contributed by atoms with Gasteiger partial charge < -0.3 is 28.4 Å². The van der Waals surface area contributed by atoms with E-state index in [0.717, 1.165) is 11.1 Å². The summed E-state index contributed by atoms with van der Waals surface area (Å²) in [6, 6.07) is 13.5. The van der Waals surface area contributed by atoms with Crippen LogP contribution in [0.25, 0.3) is 0 Å². The first-order chi connectivity index (χ1) is 21.2. The van der Waals surface area contributed by atoms with Crippen molar-refractivity contribution in [1.82, 2.24) is 0 Å². The van der Waals surface area contributed by atoms with Gasteiger partial charge in [0.05, 0.1) is 38.3 Å². The fourth-order valence-corrected chi connectivity index (χ4v) is 4.43. The summed E-state index contributed by atoms with van der Waals surface area (Å²) in [7, 11) is 0. The van der Waals surface area contributed by atoms with Crippen molar-refractivity contribution in [2.45, 2.75) is 52.4 Å². The highest BCUT2D eigenvalue weighted by Crippen LogP contribution is 2.31. The molecule has 12 heteroatoms. The third-order valence-corrected chi connectivity index (χ3v) is 6.81. The summed E-state index contributed by atoms with van der Waals surface area (Å²) in [5.74, 6) is -4.77. The van der Waals surface area contributed by atoms with Crippen LogP contribution in [0, 0.1) is 11.8 Å². The number of carbonyl (C=O) groups excluding carboxylic acids is 6. The lowest BCUT2D eigenvalue weighted by molar-refractivity contribution is -0.167. The molecule has 0 radical (unpaired) electrons. The van der Waals surface area contributed by atoms with Crippen LogP contribution in [0.2, 0.25) is 0 Å². The number of carbonyl (C=O) groups is 6. The van der Waals surface area contributed by atoms with Crippen LogP contribution in [0.3, 0.4) is 0 Å². The molecule has 2 aromatic carbocycles. The van der Waals surface area contributed by atoms with E-state index < -0.39 is 23.9 Å². The van der Waals surface area contributed by atoms with Crippen LogP contribution in [0.1, 0.15) is 52.1 Å². The lowest BCUT2D eigenvalue weighted by Crippen LogP contribution is -2.30. The lowest BCUT2D eigenvalue weighted by atomic mass is 9.82. The van der Waals surface area contributed by atoms with Gasteiger partial charge in [-0.05, 0) is 74.9 Å². The Hall–Kier alpha value is -4.74. The van der Waals surface area contributed by atoms with Gasteiger partial charge in [-0.2, -0.15) is 0 Å². The van der Waals surface area contributed by atoms with E-state index in [1.165, 1.54) is 0 Å². The summed E-state index contributed by atoms with van der Waals surface area (Å²) < 4.78 is 29.9. The molecule has 0 spiro atoms. The van der Waals surface area contributed by atoms with Crippen molar-refractivity contribution in [3.05, 3.63) is 59.7 Å². The van der Waals surface area contributed by atoms with Crippen LogP contribution in [-0.4, -0.2) is 62.2 Å². The molecule has 1 aliphatic rings. The van der Waals surface area contributed by atoms with Gasteiger partial charge in [0, 0.05) is 14.3 Å². The zero-order valence-corrected chi connectivity index (χ0v) is 24.7. The van der Waals surface area contributed by atoms with E-state index in [0.29, 0.717) is 50.0 Å². The quantitative estimate of drug-likeness (QED) is 0.148. The molecule has 1 aliphatic carbocycles. The number of hydrogen-bond acceptors (Lipinski definition) is 12. The summed E-state index contributed by atoms with van der Waals surface area (Å²) in [5.41, 5.74) is 1.65. The highest BCUT2D eigenvalue weighted by Gasteiger charge is 2.32. The maximum Gasteiger partial charge on any atom is 0.417 e. The normalized spacial score (nSPS) is 15.8. The number of ether oxygens (including phenoxy) is 6. The predicted molar refractivity (Wildman–Crippen MR) is 154 cm³/mol. The standard InChI is InChI=1S/C32H36O12.H2/c1-3-39-29(35)31(37)41-19-17-21-5-13-25(14-6-21)43-27(33)23-9-11-24(12-10-23)28(34)44-26-15-7-22(8-16-26)18-20-42-32(38)30(36)40-4-2;/h5-8,13-16,23-24H,3-4,9-12,17-20H2,1-2H3;1H. The first-order valence-corrected chi connectivity index (χ1v) is 14.5. The Morgan fingerprint density at radius 1 is 0.545 bits per heavy atom. The Morgan fingerprint density at radius 2 is 0.864 bits per heavy atom. The molecule has 0 amide bonds. The zero-order valence-electron chi connectivity index (χ0n) is 24.7. The second kappa shape index (κ2) is 17.4. The van der Waals surface area contributed by atoms with Crippen LogP contribution < -0.4 is 9.47 Å². The van der Waals surface area contributed by atoms with E-state index in [4.69, 9.17) is 18.9 Å². The molecule has 0 aromatic heterocycles. The Bertz CT molecular complexity index is 1200. The summed E-state index contributed by atoms with van der Waals surface area (Å²) >= 11 is 0. The molecule has 12 nitrogen and oxygen atoms in total. The molecular weight excluding hydrogens is 576 g/mol. The van der Waals surface area contributed by atoms with Crippen LogP contribution in [0.4, 0.5) is 0 Å². The number of rotatable bonds is 12. The molecule has 3 rings (SSSR count). The van der Waals surface area contributed by atoms with E-state index in [1.807, 2.05) is 0 Å². The van der Waals surface area contributed by atoms with E-state index in [-0.39, 0.29) is 51.6 Å². The number of esters is 6. The Morgan fingerprint density at radius 3 is 1.18 bits per heavy atom. The zero-order chi connectivity index (χ0) is 31.9. The number of benzene rings is 2. The van der Waals surface area contributed by atoms with Gasteiger partial charge in [-0.1, -0.05) is 24.3 Å². The summed E-state index contributed by atoms with van der Waals surface area (Å²) in [5, 5.41) is 0. The molecule has 0 atom stereocenters. The highest BCUT2D eigenvalue weighted by molar-refractivity contribution is 6.30. The van der Waals surface area contributed by atoms with Crippen molar-refractivity contribution in [2.24, 2.45) is 11.8 Å². The summed E-state index contributed by atoms with van der Waals surface area (Å²) in [6.45, 7) is 3.37. The van der Waals surface area contributed by atoms with Crippen LogP contribution in [-0.2, 0) is 60.6 Å². The molecular formula is C32H38O12. The Kier molecular flexibility index (Phi) is 13.3. The van der Waals surface area contributed by atoms with Crippen molar-refractivity contribution in [3.8, 4) is 11.5 Å². The molecule has 0 aliphatic heterocycles. The van der Waals surface area contributed by atoms with E-state index in [2.05, 4.69) is 9.47 Å². The fraction of sp³-hybridized carbons (Fsp3) is 0.438. The average Bonchev–Trinajstić information content (AvgIpc) is 3.02. The first kappa shape index (κ1) is 33.8. The predicted octanol–water partition coefficient (Wildman–Crippen LogP) is 3.55. The van der Waals surface area contributed by atoms with Gasteiger partial charge in [0.15, 0.2) is 0 Å². The van der Waals surface area contributed by atoms with Gasteiger partial charge in [-0.3, -0.25) is 9.59 Å². The third-order valence-electron chi connectivity index (χ3n) is 6.81. The molecule has 0 unspecified atom stereocenters. The fourth-order valence-electron chi connectivity index (χ4n) is 4.43. The van der Waals surface area contributed by atoms with E-state index >= 15 is 0 Å². The van der Waals surface area contributed by atoms with E-state index in [9.17, 15) is 28.8 Å². The van der Waals surface area contributed by atoms with Gasteiger partial charge in [-0.25, -0.2) is 19.2 Å². The minimum absolute atomic E-state index is 0. The maximum atomic E-state index is 12.7. The molecule has 1 fully saturated rings. The largest absolute Gasteiger partial charge is 0.458 e. The minimum atomic E-state index is -1.04. The molecule has 44 heavy (non-hydrogen) atoms. The second-order valence-corrected chi connectivity index (χ2v) is 9.89. The Labute approximate surface area is 256 Å². The van der Waals surface area contributed by atoms with Crippen LogP contribution in [0.5, 0.6) is 11.5 Å². The molecule has 0 saturated heterocycles. The summed E-state index contributed by atoms with van der Waals surface area (Å²) in [4.78, 5) is 70.9. The topological polar surface area (TPSA) is 158 Å². The van der Waals surface area contributed by atoms with Gasteiger partial charge in [0.1, 0.15) is 11.5 Å². The SMILES string of the molecule is CCOC(=O)C(=O)OCCc1ccc(OC(=O)C2CCC(C(=O)Oc3ccc(CCOC(=O)C(=O)OCC)cc3)CC2)cc1.[HH]. The lowest BCUT2D eigenvalue weighted by Gasteiger charge is -2.25. The molecule has 0 heterocycles. The van der Waals surface area contributed by atoms with Gasteiger partial charge in [0.25, 0.3) is 0 Å². The maximum absolute atomic E-state index is 12.7. The van der Waals surface area contributed by atoms with Crippen molar-refractivity contribution >= 4 is 35.8 Å². The van der Waals surface area contributed by atoms with Crippen molar-refractivity contribution in [1.29, 1.82) is 0 Å². The molecule has 1 saturated carbocycles. The smallest absolute Gasteiger partial charge is 0.417 e. The molecule has 238 valence electrons. The van der Waals surface area contributed by atoms with Gasteiger partial charge in [0.2, 0.25) is 0 Å². The van der Waals surface area contributed by atoms with Crippen molar-refractivity contribution in [3.63, 3.8) is 0 Å². The third kappa shape index (κ3) is 10.8. The Balaban J connectivity index is 0.00000705. The van der Waals surface area contributed by atoms with Crippen LogP contribution >= 0.6 is 0 Å².